The van der Waals surface area contributed by atoms with Crippen molar-refractivity contribution in [1.82, 2.24) is 5.32 Å². The van der Waals surface area contributed by atoms with E-state index in [0.717, 1.165) is 23.3 Å². The van der Waals surface area contributed by atoms with Crippen LogP contribution in [0.25, 0.3) is 6.08 Å². The number of ether oxygens (including phenoxy) is 2. The second kappa shape index (κ2) is 18.7. The third-order valence-electron chi connectivity index (χ3n) is 7.74. The number of nitrogens with one attached hydrogen (secondary N) is 3. The Bertz CT molecular complexity index is 2020. The smallest absolute Gasteiger partial charge is 0.338 e. The zero-order valence-electron chi connectivity index (χ0n) is 28.8. The number of esters is 1. The van der Waals surface area contributed by atoms with Gasteiger partial charge < -0.3 is 25.4 Å². The van der Waals surface area contributed by atoms with Gasteiger partial charge >= 0.3 is 5.97 Å². The van der Waals surface area contributed by atoms with Crippen molar-refractivity contribution < 1.29 is 28.7 Å². The van der Waals surface area contributed by atoms with Gasteiger partial charge in [0.15, 0.2) is 0 Å². The van der Waals surface area contributed by atoms with Crippen LogP contribution in [-0.2, 0) is 14.3 Å². The largest absolute Gasteiger partial charge is 0.497 e. The third kappa shape index (κ3) is 10.7. The fourth-order valence-electron chi connectivity index (χ4n) is 5.01. The molecule has 1 unspecified atom stereocenters. The number of carbonyl (C=O) groups excluding carboxylic acids is 4. The first-order chi connectivity index (χ1) is 25.3. The molecule has 0 aromatic heterocycles. The number of thioether (sulfide) groups is 1. The van der Waals surface area contributed by atoms with Gasteiger partial charge in [-0.05, 0) is 90.4 Å². The van der Waals surface area contributed by atoms with Crippen LogP contribution in [0.15, 0.2) is 144 Å². The lowest BCUT2D eigenvalue weighted by atomic mass is 10.1. The third-order valence-corrected chi connectivity index (χ3v) is 8.99. The average Bonchev–Trinajstić information content (AvgIpc) is 3.18. The molecule has 9 nitrogen and oxygen atoms in total. The molecule has 0 aliphatic carbocycles. The molecule has 0 aliphatic heterocycles. The van der Waals surface area contributed by atoms with Gasteiger partial charge in [0.05, 0.1) is 19.3 Å². The Balaban J connectivity index is 1.33. The molecule has 0 heterocycles. The zero-order valence-corrected chi connectivity index (χ0v) is 29.7. The molecule has 3 N–H and O–H groups in total. The molecule has 0 radical (unpaired) electrons. The van der Waals surface area contributed by atoms with Crippen molar-refractivity contribution in [3.05, 3.63) is 161 Å². The minimum Gasteiger partial charge on any atom is -0.497 e. The molecule has 5 aromatic rings. The van der Waals surface area contributed by atoms with Gasteiger partial charge in [-0.15, -0.1) is 11.8 Å². The highest BCUT2D eigenvalue weighted by atomic mass is 32.2. The summed E-state index contributed by atoms with van der Waals surface area (Å²) >= 11 is 1.32. The fourth-order valence-corrected chi connectivity index (χ4v) is 6.10. The summed E-state index contributed by atoms with van der Waals surface area (Å²) in [4.78, 5) is 53.6. The number of amides is 3. The molecule has 10 heteroatoms. The molecule has 0 spiro atoms. The molecule has 5 aromatic carbocycles. The summed E-state index contributed by atoms with van der Waals surface area (Å²) in [5.74, 6) is -1.05. The van der Waals surface area contributed by atoms with Crippen LogP contribution in [0.1, 0.15) is 56.9 Å². The van der Waals surface area contributed by atoms with Crippen LogP contribution in [0, 0.1) is 0 Å². The molecule has 0 fully saturated rings. The minimum atomic E-state index is -0.653. The van der Waals surface area contributed by atoms with E-state index in [2.05, 4.69) is 16.0 Å². The van der Waals surface area contributed by atoms with Crippen LogP contribution < -0.4 is 20.7 Å². The lowest BCUT2D eigenvalue weighted by Gasteiger charge is -2.18. The van der Waals surface area contributed by atoms with Gasteiger partial charge in [-0.2, -0.15) is 0 Å². The van der Waals surface area contributed by atoms with Crippen LogP contribution in [-0.4, -0.2) is 37.4 Å². The van der Waals surface area contributed by atoms with Crippen molar-refractivity contribution >= 4 is 52.9 Å². The Hall–Kier alpha value is -6.13. The van der Waals surface area contributed by atoms with E-state index in [0.29, 0.717) is 40.4 Å². The van der Waals surface area contributed by atoms with Crippen LogP contribution in [0.2, 0.25) is 0 Å². The van der Waals surface area contributed by atoms with E-state index in [1.807, 2.05) is 43.3 Å². The number of methoxy groups -OCH3 is 1. The second-order valence-electron chi connectivity index (χ2n) is 11.6. The lowest BCUT2D eigenvalue weighted by molar-refractivity contribution is -0.116. The predicted molar refractivity (Wildman–Crippen MR) is 205 cm³/mol. The maximum Gasteiger partial charge on any atom is 0.338 e. The molecular weight excluding hydrogens is 675 g/mol. The number of unbranched alkanes of at least 4 members (excludes halogenated alkanes) is 1. The number of hydrogen-bond acceptors (Lipinski definition) is 7. The minimum absolute atomic E-state index is 0.0296. The summed E-state index contributed by atoms with van der Waals surface area (Å²) in [6.07, 6.45) is 3.30. The van der Waals surface area contributed by atoms with Gasteiger partial charge in [0, 0.05) is 21.8 Å². The number of hydrogen-bond donors (Lipinski definition) is 3. The second-order valence-corrected chi connectivity index (χ2v) is 12.8. The maximum absolute atomic E-state index is 13.8. The van der Waals surface area contributed by atoms with Crippen molar-refractivity contribution in [1.29, 1.82) is 0 Å². The van der Waals surface area contributed by atoms with Crippen LogP contribution in [0.5, 0.6) is 5.75 Å². The quantitative estimate of drug-likeness (QED) is 0.0430. The lowest BCUT2D eigenvalue weighted by Crippen LogP contribution is -2.30. The number of carbonyl (C=O) groups is 4. The van der Waals surface area contributed by atoms with Gasteiger partial charge in [0.2, 0.25) is 5.91 Å². The fraction of sp³-hybridized carbons (Fsp3) is 0.143. The van der Waals surface area contributed by atoms with E-state index in [1.165, 1.54) is 11.8 Å². The topological polar surface area (TPSA) is 123 Å². The zero-order chi connectivity index (χ0) is 36.7. The first-order valence-corrected chi connectivity index (χ1v) is 17.6. The van der Waals surface area contributed by atoms with Gasteiger partial charge in [0.25, 0.3) is 11.8 Å². The van der Waals surface area contributed by atoms with E-state index >= 15 is 0 Å². The molecule has 0 aliphatic rings. The normalized spacial score (nSPS) is 11.5. The molecule has 0 saturated carbocycles. The molecule has 3 amide bonds. The first-order valence-electron chi connectivity index (χ1n) is 16.8. The summed E-state index contributed by atoms with van der Waals surface area (Å²) in [5.41, 5.74) is 3.27. The first kappa shape index (κ1) is 37.1. The number of benzene rings is 5. The van der Waals surface area contributed by atoms with E-state index in [1.54, 1.807) is 110 Å². The highest BCUT2D eigenvalue weighted by Gasteiger charge is 2.23. The summed E-state index contributed by atoms with van der Waals surface area (Å²) < 4.78 is 10.6. The SMILES string of the molecule is CCCCOC(=O)c1ccc(NC(=O)C(Sc2cccc(NC(=O)/C(=C/c3cccc(OC)c3)NC(=O)c3ccccc3)c2)c2ccccc2)cc1. The van der Waals surface area contributed by atoms with Crippen molar-refractivity contribution in [2.24, 2.45) is 0 Å². The van der Waals surface area contributed by atoms with E-state index in [-0.39, 0.29) is 11.6 Å². The maximum atomic E-state index is 13.8. The van der Waals surface area contributed by atoms with Gasteiger partial charge in [-0.1, -0.05) is 80.1 Å². The number of rotatable bonds is 15. The molecule has 1 atom stereocenters. The predicted octanol–water partition coefficient (Wildman–Crippen LogP) is 8.53. The Morgan fingerprint density at radius 3 is 2.15 bits per heavy atom. The summed E-state index contributed by atoms with van der Waals surface area (Å²) in [7, 11) is 1.55. The highest BCUT2D eigenvalue weighted by molar-refractivity contribution is 8.00. The van der Waals surface area contributed by atoms with Crippen molar-refractivity contribution in [2.45, 2.75) is 29.9 Å². The van der Waals surface area contributed by atoms with Crippen molar-refractivity contribution in [3.63, 3.8) is 0 Å². The Labute approximate surface area is 307 Å². The van der Waals surface area contributed by atoms with E-state index in [4.69, 9.17) is 9.47 Å². The molecular formula is C42H39N3O6S. The molecule has 5 rings (SSSR count). The Morgan fingerprint density at radius 1 is 0.731 bits per heavy atom. The van der Waals surface area contributed by atoms with E-state index < -0.39 is 23.0 Å². The standard InChI is InChI=1S/C42H39N3O6S/c1-3-4-25-51-42(49)32-21-23-33(24-22-32)43-41(48)38(30-14-7-5-8-15-30)52-36-20-12-18-34(28-36)44-40(47)37(27-29-13-11-19-35(26-29)50-2)45-39(46)31-16-9-6-10-17-31/h5-24,26-28,38H,3-4,25H2,1-2H3,(H,43,48)(H,44,47)(H,45,46)/b37-27-. The summed E-state index contributed by atoms with van der Waals surface area (Å²) in [5, 5.41) is 7.96. The van der Waals surface area contributed by atoms with Crippen molar-refractivity contribution in [2.75, 3.05) is 24.4 Å². The highest BCUT2D eigenvalue weighted by Crippen LogP contribution is 2.37. The van der Waals surface area contributed by atoms with Gasteiger partial charge in [-0.3, -0.25) is 14.4 Å². The van der Waals surface area contributed by atoms with E-state index in [9.17, 15) is 19.2 Å². The molecule has 0 saturated heterocycles. The van der Waals surface area contributed by atoms with Crippen LogP contribution in [0.4, 0.5) is 11.4 Å². The van der Waals surface area contributed by atoms with Gasteiger partial charge in [0.1, 0.15) is 16.7 Å². The summed E-state index contributed by atoms with van der Waals surface area (Å²) in [6, 6.07) is 38.9. The number of anilines is 2. The Morgan fingerprint density at radius 2 is 1.44 bits per heavy atom. The van der Waals surface area contributed by atoms with Crippen LogP contribution in [0.3, 0.4) is 0 Å². The molecule has 264 valence electrons. The molecule has 0 bridgehead atoms. The summed E-state index contributed by atoms with van der Waals surface area (Å²) in [6.45, 7) is 2.39. The monoisotopic (exact) mass is 713 g/mol. The van der Waals surface area contributed by atoms with Crippen molar-refractivity contribution in [3.8, 4) is 5.75 Å². The Kier molecular flexibility index (Phi) is 13.4. The van der Waals surface area contributed by atoms with Crippen LogP contribution >= 0.6 is 11.8 Å². The van der Waals surface area contributed by atoms with Gasteiger partial charge in [-0.25, -0.2) is 4.79 Å². The molecule has 52 heavy (non-hydrogen) atoms. The average molecular weight is 714 g/mol.